The highest BCUT2D eigenvalue weighted by Gasteiger charge is 2.26. The summed E-state index contributed by atoms with van der Waals surface area (Å²) in [4.78, 5) is 1.49. The van der Waals surface area contributed by atoms with Gasteiger partial charge in [0.15, 0.2) is 0 Å². The molecule has 1 atom stereocenters. The Bertz CT molecular complexity index is 427. The lowest BCUT2D eigenvalue weighted by molar-refractivity contribution is 0.475. The van der Waals surface area contributed by atoms with Crippen molar-refractivity contribution >= 4 is 28.4 Å². The predicted molar refractivity (Wildman–Crippen MR) is 77.0 cm³/mol. The minimum absolute atomic E-state index is 0.520. The van der Waals surface area contributed by atoms with Gasteiger partial charge in [0, 0.05) is 15.9 Å². The van der Waals surface area contributed by atoms with Crippen molar-refractivity contribution in [2.24, 2.45) is 5.92 Å². The molecule has 1 fully saturated rings. The zero-order chi connectivity index (χ0) is 11.5. The number of anilines is 1. The molecule has 1 N–H and O–H groups in total. The van der Waals surface area contributed by atoms with Crippen molar-refractivity contribution in [1.82, 2.24) is 0 Å². The van der Waals surface area contributed by atoms with Gasteiger partial charge in [-0.15, -0.1) is 11.3 Å². The molecule has 0 saturated heterocycles. The largest absolute Gasteiger partial charge is 0.376 e. The van der Waals surface area contributed by atoms with Crippen LogP contribution in [0, 0.1) is 5.92 Å². The van der Waals surface area contributed by atoms with Gasteiger partial charge >= 0.3 is 0 Å². The number of hydrogen-bond donors (Lipinski definition) is 1. The van der Waals surface area contributed by atoms with Crippen LogP contribution in [-0.2, 0) is 0 Å². The van der Waals surface area contributed by atoms with Gasteiger partial charge in [-0.3, -0.25) is 0 Å². The first kappa shape index (κ1) is 11.3. The second-order valence-corrected chi connectivity index (χ2v) is 6.45. The van der Waals surface area contributed by atoms with Crippen LogP contribution in [0.25, 0.3) is 0 Å². The minimum atomic E-state index is 0.520. The van der Waals surface area contributed by atoms with Crippen LogP contribution in [0.2, 0.25) is 0 Å². The maximum Gasteiger partial charge on any atom is 0.0634 e. The lowest BCUT2D eigenvalue weighted by Crippen LogP contribution is -2.17. The van der Waals surface area contributed by atoms with Gasteiger partial charge in [-0.25, -0.2) is 0 Å². The maximum absolute atomic E-state index is 3.72. The van der Waals surface area contributed by atoms with Crippen molar-refractivity contribution in [1.29, 1.82) is 0 Å². The van der Waals surface area contributed by atoms with Crippen LogP contribution in [0.4, 0.5) is 5.69 Å². The SMILES string of the molecule is c1csc(C(Nc2ccsc2)C2CCCC2)c1. The summed E-state index contributed by atoms with van der Waals surface area (Å²) in [6, 6.07) is 7.14. The normalized spacial score (nSPS) is 18.4. The molecule has 3 heteroatoms. The van der Waals surface area contributed by atoms with Crippen molar-refractivity contribution in [2.75, 3.05) is 5.32 Å². The lowest BCUT2D eigenvalue weighted by Gasteiger charge is -2.24. The van der Waals surface area contributed by atoms with E-state index < -0.39 is 0 Å². The van der Waals surface area contributed by atoms with Crippen molar-refractivity contribution in [2.45, 2.75) is 31.7 Å². The fourth-order valence-corrected chi connectivity index (χ4v) is 4.17. The number of thiophene rings is 2. The summed E-state index contributed by atoms with van der Waals surface area (Å²) < 4.78 is 0. The van der Waals surface area contributed by atoms with Crippen LogP contribution < -0.4 is 5.32 Å². The quantitative estimate of drug-likeness (QED) is 0.804. The monoisotopic (exact) mass is 263 g/mol. The highest BCUT2D eigenvalue weighted by Crippen LogP contribution is 2.39. The Morgan fingerprint density at radius 3 is 2.71 bits per heavy atom. The average Bonchev–Trinajstić information content (AvgIpc) is 3.09. The zero-order valence-corrected chi connectivity index (χ0v) is 11.4. The minimum Gasteiger partial charge on any atom is -0.376 e. The average molecular weight is 263 g/mol. The highest BCUT2D eigenvalue weighted by atomic mass is 32.1. The molecule has 2 aromatic heterocycles. The van der Waals surface area contributed by atoms with E-state index in [1.165, 1.54) is 36.2 Å². The van der Waals surface area contributed by atoms with E-state index in [4.69, 9.17) is 0 Å². The predicted octanol–water partition coefficient (Wildman–Crippen LogP) is 5.15. The molecular formula is C14H17NS2. The van der Waals surface area contributed by atoms with Crippen molar-refractivity contribution < 1.29 is 0 Å². The van der Waals surface area contributed by atoms with Gasteiger partial charge in [0.25, 0.3) is 0 Å². The molecule has 17 heavy (non-hydrogen) atoms. The first-order valence-electron chi connectivity index (χ1n) is 6.25. The molecule has 2 aromatic rings. The molecule has 3 rings (SSSR count). The fourth-order valence-electron chi connectivity index (χ4n) is 2.71. The van der Waals surface area contributed by atoms with Crippen LogP contribution in [0.1, 0.15) is 36.6 Å². The standard InChI is InChI=1S/C14H17NS2/c1-2-5-11(4-1)14(13-6-3-8-17-13)15-12-7-9-16-10-12/h3,6-11,14-15H,1-2,4-5H2. The lowest BCUT2D eigenvalue weighted by atomic mass is 9.96. The van der Waals surface area contributed by atoms with Gasteiger partial charge in [0.1, 0.15) is 0 Å². The molecule has 1 unspecified atom stereocenters. The Balaban J connectivity index is 1.80. The van der Waals surface area contributed by atoms with Crippen molar-refractivity contribution in [3.8, 4) is 0 Å². The summed E-state index contributed by atoms with van der Waals surface area (Å²) in [5, 5.41) is 10.3. The molecule has 0 spiro atoms. The molecule has 0 bridgehead atoms. The molecule has 0 aliphatic heterocycles. The summed E-state index contributed by atoms with van der Waals surface area (Å²) in [5.41, 5.74) is 1.28. The first-order valence-corrected chi connectivity index (χ1v) is 8.08. The van der Waals surface area contributed by atoms with Crippen molar-refractivity contribution in [3.05, 3.63) is 39.2 Å². The molecule has 0 radical (unpaired) electrons. The van der Waals surface area contributed by atoms with Gasteiger partial charge in [0.05, 0.1) is 6.04 Å². The molecular weight excluding hydrogens is 246 g/mol. The highest BCUT2D eigenvalue weighted by molar-refractivity contribution is 7.10. The fraction of sp³-hybridized carbons (Fsp3) is 0.429. The summed E-state index contributed by atoms with van der Waals surface area (Å²) >= 11 is 3.64. The third kappa shape index (κ3) is 2.55. The van der Waals surface area contributed by atoms with E-state index in [2.05, 4.69) is 39.7 Å². The number of nitrogens with one attached hydrogen (secondary N) is 1. The first-order chi connectivity index (χ1) is 8.43. The van der Waals surface area contributed by atoms with E-state index >= 15 is 0 Å². The van der Waals surface area contributed by atoms with E-state index in [9.17, 15) is 0 Å². The topological polar surface area (TPSA) is 12.0 Å². The molecule has 0 amide bonds. The molecule has 90 valence electrons. The molecule has 1 saturated carbocycles. The Morgan fingerprint density at radius 1 is 1.18 bits per heavy atom. The molecule has 1 aliphatic carbocycles. The van der Waals surface area contributed by atoms with Crippen LogP contribution >= 0.6 is 22.7 Å². The van der Waals surface area contributed by atoms with Gasteiger partial charge in [-0.2, -0.15) is 11.3 Å². The molecule has 0 aromatic carbocycles. The van der Waals surface area contributed by atoms with E-state index in [0.29, 0.717) is 6.04 Å². The number of hydrogen-bond acceptors (Lipinski definition) is 3. The molecule has 2 heterocycles. The number of rotatable bonds is 4. The maximum atomic E-state index is 3.72. The van der Waals surface area contributed by atoms with E-state index in [0.717, 1.165) is 5.92 Å². The Kier molecular flexibility index (Phi) is 3.48. The van der Waals surface area contributed by atoms with Crippen LogP contribution in [0.15, 0.2) is 34.3 Å². The Labute approximate surface area is 111 Å². The molecule has 1 aliphatic rings. The second kappa shape index (κ2) is 5.23. The smallest absolute Gasteiger partial charge is 0.0634 e. The van der Waals surface area contributed by atoms with E-state index in [-0.39, 0.29) is 0 Å². The third-order valence-corrected chi connectivity index (χ3v) is 5.20. The summed E-state index contributed by atoms with van der Waals surface area (Å²) in [7, 11) is 0. The van der Waals surface area contributed by atoms with Crippen molar-refractivity contribution in [3.63, 3.8) is 0 Å². The zero-order valence-electron chi connectivity index (χ0n) is 9.76. The Morgan fingerprint density at radius 2 is 2.06 bits per heavy atom. The summed E-state index contributed by atoms with van der Waals surface area (Å²) in [5.74, 6) is 0.813. The third-order valence-electron chi connectivity index (χ3n) is 3.56. The van der Waals surface area contributed by atoms with Gasteiger partial charge in [-0.1, -0.05) is 18.9 Å². The van der Waals surface area contributed by atoms with E-state index in [1.54, 1.807) is 11.3 Å². The van der Waals surface area contributed by atoms with Crippen LogP contribution in [0.3, 0.4) is 0 Å². The van der Waals surface area contributed by atoms with Crippen LogP contribution in [0.5, 0.6) is 0 Å². The van der Waals surface area contributed by atoms with Gasteiger partial charge in [0.2, 0.25) is 0 Å². The van der Waals surface area contributed by atoms with E-state index in [1.807, 2.05) is 11.3 Å². The van der Waals surface area contributed by atoms with Gasteiger partial charge < -0.3 is 5.32 Å². The van der Waals surface area contributed by atoms with Crippen LogP contribution in [-0.4, -0.2) is 0 Å². The Hall–Kier alpha value is -0.800. The summed E-state index contributed by atoms with van der Waals surface area (Å²) in [6.07, 6.45) is 5.55. The second-order valence-electron chi connectivity index (χ2n) is 4.69. The van der Waals surface area contributed by atoms with Gasteiger partial charge in [-0.05, 0) is 41.7 Å². The molecule has 1 nitrogen and oxygen atoms in total. The summed E-state index contributed by atoms with van der Waals surface area (Å²) in [6.45, 7) is 0.